The van der Waals surface area contributed by atoms with Gasteiger partial charge in [0.15, 0.2) is 0 Å². The zero-order valence-electron chi connectivity index (χ0n) is 18.8. The first-order valence-electron chi connectivity index (χ1n) is 11.5. The number of para-hydroxylation sites is 1. The second kappa shape index (κ2) is 9.73. The molecule has 0 radical (unpaired) electrons. The van der Waals surface area contributed by atoms with E-state index in [0.29, 0.717) is 49.6 Å². The Balaban J connectivity index is 1.31. The summed E-state index contributed by atoms with van der Waals surface area (Å²) in [5.74, 6) is -0.698. The van der Waals surface area contributed by atoms with Crippen molar-refractivity contribution in [2.75, 3.05) is 37.6 Å². The average Bonchev–Trinajstić information content (AvgIpc) is 3.31. The third-order valence-corrected chi connectivity index (χ3v) is 6.46. The zero-order valence-corrected chi connectivity index (χ0v) is 18.8. The van der Waals surface area contributed by atoms with Crippen molar-refractivity contribution >= 4 is 17.3 Å². The summed E-state index contributed by atoms with van der Waals surface area (Å²) >= 11 is 0. The van der Waals surface area contributed by atoms with E-state index in [-0.39, 0.29) is 30.1 Å². The molecule has 0 saturated carbocycles. The van der Waals surface area contributed by atoms with Gasteiger partial charge in [-0.3, -0.25) is 9.69 Å². The minimum atomic E-state index is -0.341. The first-order chi connectivity index (χ1) is 16.6. The molecule has 2 aliphatic heterocycles. The number of carbonyl (C=O) groups is 1. The van der Waals surface area contributed by atoms with Gasteiger partial charge >= 0.3 is 0 Å². The van der Waals surface area contributed by atoms with Crippen LogP contribution in [0, 0.1) is 11.6 Å². The fraction of sp³-hybridized carbons (Fsp3) is 0.259. The molecule has 1 saturated heterocycles. The zero-order chi connectivity index (χ0) is 23.5. The molecular formula is C27H26F2N4O. The smallest absolute Gasteiger partial charge is 0.257 e. The molecule has 5 nitrogen and oxygen atoms in total. The van der Waals surface area contributed by atoms with E-state index < -0.39 is 0 Å². The van der Waals surface area contributed by atoms with Gasteiger partial charge in [0, 0.05) is 38.2 Å². The highest BCUT2D eigenvalue weighted by Gasteiger charge is 2.34. The van der Waals surface area contributed by atoms with Crippen molar-refractivity contribution in [1.29, 1.82) is 0 Å². The van der Waals surface area contributed by atoms with Crippen molar-refractivity contribution in [3.05, 3.63) is 102 Å². The molecule has 0 aromatic heterocycles. The summed E-state index contributed by atoms with van der Waals surface area (Å²) in [5.41, 5.74) is 2.56. The van der Waals surface area contributed by atoms with Crippen LogP contribution in [0.4, 0.5) is 14.5 Å². The summed E-state index contributed by atoms with van der Waals surface area (Å²) in [6.45, 7) is 2.78. The maximum atomic E-state index is 14.5. The Hall–Kier alpha value is -3.58. The molecule has 0 aliphatic carbocycles. The number of hydrogen-bond acceptors (Lipinski definition) is 4. The van der Waals surface area contributed by atoms with Crippen LogP contribution in [0.1, 0.15) is 23.6 Å². The van der Waals surface area contributed by atoms with Gasteiger partial charge in [0.25, 0.3) is 5.91 Å². The normalized spacial score (nSPS) is 18.8. The highest BCUT2D eigenvalue weighted by Crippen LogP contribution is 2.33. The number of halogens is 2. The van der Waals surface area contributed by atoms with Gasteiger partial charge in [-0.05, 0) is 23.8 Å². The van der Waals surface area contributed by atoms with Gasteiger partial charge in [0.05, 0.1) is 24.0 Å². The lowest BCUT2D eigenvalue weighted by molar-refractivity contribution is -0.134. The van der Waals surface area contributed by atoms with Crippen molar-refractivity contribution in [2.45, 2.75) is 12.5 Å². The standard InChI is InChI=1S/C27H26F2N4O/c28-22-11-5-4-10-21(22)24-18-26(20-8-2-1-3-9-20)33(30-24)27(34)19-31-14-16-32(17-15-31)25-13-7-6-12-23(25)29/h1-13,26H,14-19H2/t26-/m1/s1. The predicted octanol–water partition coefficient (Wildman–Crippen LogP) is 4.46. The monoisotopic (exact) mass is 460 g/mol. The molecule has 1 fully saturated rings. The van der Waals surface area contributed by atoms with E-state index in [1.54, 1.807) is 30.3 Å². The fourth-order valence-corrected chi connectivity index (χ4v) is 4.65. The quantitative estimate of drug-likeness (QED) is 0.564. The number of rotatable bonds is 5. The molecule has 3 aromatic carbocycles. The number of nitrogens with zero attached hydrogens (tertiary/aromatic N) is 4. The van der Waals surface area contributed by atoms with Crippen molar-refractivity contribution < 1.29 is 13.6 Å². The van der Waals surface area contributed by atoms with E-state index in [1.807, 2.05) is 41.3 Å². The summed E-state index contributed by atoms with van der Waals surface area (Å²) in [6.07, 6.45) is 0.456. The second-order valence-corrected chi connectivity index (χ2v) is 8.61. The molecule has 0 spiro atoms. The van der Waals surface area contributed by atoms with Gasteiger partial charge in [-0.1, -0.05) is 60.7 Å². The minimum absolute atomic E-state index is 0.125. The molecule has 174 valence electrons. The van der Waals surface area contributed by atoms with Crippen LogP contribution in [0.25, 0.3) is 0 Å². The van der Waals surface area contributed by atoms with Gasteiger partial charge in [-0.15, -0.1) is 0 Å². The lowest BCUT2D eigenvalue weighted by Gasteiger charge is -2.36. The molecule has 3 aromatic rings. The third kappa shape index (κ3) is 4.56. The number of hydrazone groups is 1. The summed E-state index contributed by atoms with van der Waals surface area (Å²) in [7, 11) is 0. The van der Waals surface area contributed by atoms with Gasteiger partial charge in [0.1, 0.15) is 11.6 Å². The first kappa shape index (κ1) is 22.2. The van der Waals surface area contributed by atoms with Crippen molar-refractivity contribution in [1.82, 2.24) is 9.91 Å². The largest absolute Gasteiger partial charge is 0.367 e. The molecule has 0 bridgehead atoms. The molecule has 1 amide bonds. The van der Waals surface area contributed by atoms with E-state index in [4.69, 9.17) is 0 Å². The predicted molar refractivity (Wildman–Crippen MR) is 129 cm³/mol. The van der Waals surface area contributed by atoms with Crippen LogP contribution in [0.5, 0.6) is 0 Å². The van der Waals surface area contributed by atoms with Crippen LogP contribution in [0.2, 0.25) is 0 Å². The number of anilines is 1. The van der Waals surface area contributed by atoms with E-state index in [0.717, 1.165) is 5.56 Å². The number of hydrogen-bond donors (Lipinski definition) is 0. The van der Waals surface area contributed by atoms with E-state index >= 15 is 0 Å². The van der Waals surface area contributed by atoms with Crippen LogP contribution in [0.3, 0.4) is 0 Å². The Labute approximate surface area is 197 Å². The number of benzene rings is 3. The Morgan fingerprint density at radius 3 is 2.18 bits per heavy atom. The molecule has 5 rings (SSSR count). The molecule has 2 heterocycles. The molecule has 1 atom stereocenters. The van der Waals surface area contributed by atoms with Crippen molar-refractivity contribution in [2.24, 2.45) is 5.10 Å². The topological polar surface area (TPSA) is 39.2 Å². The number of amides is 1. The molecule has 34 heavy (non-hydrogen) atoms. The summed E-state index contributed by atoms with van der Waals surface area (Å²) in [6, 6.07) is 22.8. The van der Waals surface area contributed by atoms with Crippen molar-refractivity contribution in [3.63, 3.8) is 0 Å². The fourth-order valence-electron chi connectivity index (χ4n) is 4.65. The molecule has 7 heteroatoms. The Bertz CT molecular complexity index is 1190. The maximum Gasteiger partial charge on any atom is 0.257 e. The van der Waals surface area contributed by atoms with Gasteiger partial charge in [-0.2, -0.15) is 5.10 Å². The number of piperazine rings is 1. The Kier molecular flexibility index (Phi) is 6.36. The summed E-state index contributed by atoms with van der Waals surface area (Å²) < 4.78 is 28.6. The van der Waals surface area contributed by atoms with E-state index in [2.05, 4.69) is 10.0 Å². The lowest BCUT2D eigenvalue weighted by Crippen LogP contribution is -2.49. The molecular weight excluding hydrogens is 434 g/mol. The van der Waals surface area contributed by atoms with Crippen LogP contribution in [0.15, 0.2) is 84.0 Å². The Morgan fingerprint density at radius 2 is 1.47 bits per heavy atom. The van der Waals surface area contributed by atoms with Crippen LogP contribution < -0.4 is 4.90 Å². The van der Waals surface area contributed by atoms with Crippen molar-refractivity contribution in [3.8, 4) is 0 Å². The van der Waals surface area contributed by atoms with Gasteiger partial charge in [0.2, 0.25) is 0 Å². The van der Waals surface area contributed by atoms with Crippen LogP contribution >= 0.6 is 0 Å². The van der Waals surface area contributed by atoms with Crippen LogP contribution in [-0.4, -0.2) is 54.3 Å². The molecule has 0 unspecified atom stereocenters. The molecule has 2 aliphatic rings. The maximum absolute atomic E-state index is 14.5. The summed E-state index contributed by atoms with van der Waals surface area (Å²) in [5, 5.41) is 6.10. The van der Waals surface area contributed by atoms with Gasteiger partial charge < -0.3 is 4.90 Å². The second-order valence-electron chi connectivity index (χ2n) is 8.61. The molecule has 0 N–H and O–H groups in total. The highest BCUT2D eigenvalue weighted by atomic mass is 19.1. The van der Waals surface area contributed by atoms with Crippen LogP contribution in [-0.2, 0) is 4.79 Å². The third-order valence-electron chi connectivity index (χ3n) is 6.46. The Morgan fingerprint density at radius 1 is 0.824 bits per heavy atom. The number of carbonyl (C=O) groups excluding carboxylic acids is 1. The van der Waals surface area contributed by atoms with E-state index in [9.17, 15) is 13.6 Å². The average molecular weight is 461 g/mol. The van der Waals surface area contributed by atoms with Gasteiger partial charge in [-0.25, -0.2) is 13.8 Å². The lowest BCUT2D eigenvalue weighted by atomic mass is 9.98. The highest BCUT2D eigenvalue weighted by molar-refractivity contribution is 6.03. The minimum Gasteiger partial charge on any atom is -0.367 e. The first-order valence-corrected chi connectivity index (χ1v) is 11.5. The van der Waals surface area contributed by atoms with E-state index in [1.165, 1.54) is 17.1 Å². The summed E-state index contributed by atoms with van der Waals surface area (Å²) in [4.78, 5) is 17.4. The SMILES string of the molecule is O=C(CN1CCN(c2ccccc2F)CC1)N1N=C(c2ccccc2F)C[C@@H]1c1ccccc1.